The zero-order valence-electron chi connectivity index (χ0n) is 25.2. The summed E-state index contributed by atoms with van der Waals surface area (Å²) in [6.45, 7) is 1.35. The van der Waals surface area contributed by atoms with Gasteiger partial charge >= 0.3 is 0 Å². The first kappa shape index (κ1) is 30.7. The van der Waals surface area contributed by atoms with E-state index in [0.717, 1.165) is 21.4 Å². The monoisotopic (exact) mass is 623 g/mol. The number of imide groups is 2. The number of hydrogen-bond donors (Lipinski definition) is 2. The number of fused-ring (bicyclic) bond motifs is 2. The molecule has 1 saturated heterocycles. The predicted octanol–water partition coefficient (Wildman–Crippen LogP) is 3.23. The smallest absolute Gasteiger partial charge is 0.266 e. The molecule has 0 spiro atoms. The molecule has 0 saturated carbocycles. The predicted molar refractivity (Wildman–Crippen MR) is 166 cm³/mol. The molecule has 2 aliphatic rings. The van der Waals surface area contributed by atoms with Gasteiger partial charge in [0.1, 0.15) is 35.8 Å². The Morgan fingerprint density at radius 1 is 1.09 bits per heavy atom. The molecule has 2 aromatic carbocycles. The highest BCUT2D eigenvalue weighted by molar-refractivity contribution is 6.24. The fraction of sp³-hybridized carbons (Fsp3) is 0.294. The summed E-state index contributed by atoms with van der Waals surface area (Å²) in [5.41, 5.74) is 1.84. The normalized spacial score (nSPS) is 16.9. The van der Waals surface area contributed by atoms with Crippen molar-refractivity contribution in [1.29, 1.82) is 0 Å². The Kier molecular flexibility index (Phi) is 8.88. The number of carbonyl (C=O) groups excluding carboxylic acids is 5. The maximum atomic E-state index is 13.3. The van der Waals surface area contributed by atoms with Gasteiger partial charge < -0.3 is 19.4 Å². The molecule has 6 rings (SSSR count). The summed E-state index contributed by atoms with van der Waals surface area (Å²) >= 11 is 0. The second kappa shape index (κ2) is 13.3. The van der Waals surface area contributed by atoms with Crippen molar-refractivity contribution in [2.75, 3.05) is 26.7 Å². The summed E-state index contributed by atoms with van der Waals surface area (Å²) in [5, 5.41) is 6.24. The van der Waals surface area contributed by atoms with Crippen LogP contribution in [0, 0.1) is 0 Å². The molecule has 2 unspecified atom stereocenters. The van der Waals surface area contributed by atoms with Crippen LogP contribution in [-0.4, -0.2) is 77.1 Å². The summed E-state index contributed by atoms with van der Waals surface area (Å²) in [6, 6.07) is 16.6. The summed E-state index contributed by atoms with van der Waals surface area (Å²) in [5.74, 6) is -1.52. The molecule has 12 nitrogen and oxygen atoms in total. The van der Waals surface area contributed by atoms with Gasteiger partial charge in [-0.05, 0) is 56.8 Å². The van der Waals surface area contributed by atoms with Crippen molar-refractivity contribution in [3.63, 3.8) is 0 Å². The van der Waals surface area contributed by atoms with Crippen molar-refractivity contribution in [3.8, 4) is 5.75 Å². The van der Waals surface area contributed by atoms with Crippen molar-refractivity contribution in [3.05, 3.63) is 95.5 Å². The molecule has 12 heteroatoms. The number of pyridine rings is 1. The Labute approximate surface area is 264 Å². The van der Waals surface area contributed by atoms with E-state index in [0.29, 0.717) is 31.7 Å². The van der Waals surface area contributed by atoms with Gasteiger partial charge in [-0.15, -0.1) is 0 Å². The number of nitrogens with one attached hydrogen (secondary N) is 2. The fourth-order valence-corrected chi connectivity index (χ4v) is 5.78. The molecule has 46 heavy (non-hydrogen) atoms. The Hall–Kier alpha value is -5.36. The average Bonchev–Trinajstić information content (AvgIpc) is 3.59. The van der Waals surface area contributed by atoms with E-state index in [1.165, 1.54) is 6.07 Å². The van der Waals surface area contributed by atoms with Gasteiger partial charge in [0.25, 0.3) is 11.8 Å². The second-order valence-corrected chi connectivity index (χ2v) is 11.4. The highest BCUT2D eigenvalue weighted by Crippen LogP contribution is 2.34. The molecule has 5 amide bonds. The number of amides is 5. The lowest BCUT2D eigenvalue weighted by atomic mass is 10.0. The van der Waals surface area contributed by atoms with Crippen LogP contribution in [0.4, 0.5) is 0 Å². The molecule has 0 bridgehead atoms. The standard InChI is InChI=1S/C34H33N5O7/c1-38(16-6-12-28(40)36-31(22-8-5-15-35-20-22)27-19-21-7-2-3-10-25(21)46-27)17-18-45-26-11-4-9-23-30(26)34(44)39(33(23)43)24-13-14-29(41)37-32(24)42/h2-5,7-11,15,19-20,24,31H,6,12-14,16-18H2,1H3,(H,36,40)(H,37,41,42). The number of rotatable bonds is 12. The number of carbonyl (C=O) groups is 5. The topological polar surface area (TPSA) is 151 Å². The average molecular weight is 624 g/mol. The van der Waals surface area contributed by atoms with Gasteiger partial charge in [-0.1, -0.05) is 30.3 Å². The largest absolute Gasteiger partial charge is 0.491 e. The van der Waals surface area contributed by atoms with Gasteiger partial charge in [-0.2, -0.15) is 0 Å². The molecule has 2 N–H and O–H groups in total. The first-order valence-electron chi connectivity index (χ1n) is 15.1. The van der Waals surface area contributed by atoms with E-state index in [4.69, 9.17) is 9.15 Å². The number of piperidine rings is 1. The van der Waals surface area contributed by atoms with Crippen molar-refractivity contribution in [2.45, 2.75) is 37.8 Å². The molecule has 0 aliphatic carbocycles. The van der Waals surface area contributed by atoms with Crippen LogP contribution in [0.3, 0.4) is 0 Å². The minimum Gasteiger partial charge on any atom is -0.491 e. The van der Waals surface area contributed by atoms with Gasteiger partial charge in [0, 0.05) is 42.7 Å². The molecule has 0 radical (unpaired) electrons. The minimum atomic E-state index is -1.04. The van der Waals surface area contributed by atoms with Gasteiger partial charge in [0.2, 0.25) is 17.7 Å². The first-order chi connectivity index (χ1) is 22.3. The highest BCUT2D eigenvalue weighted by Gasteiger charge is 2.46. The maximum absolute atomic E-state index is 13.3. The Morgan fingerprint density at radius 3 is 2.72 bits per heavy atom. The van der Waals surface area contributed by atoms with Crippen molar-refractivity contribution in [1.82, 2.24) is 25.4 Å². The van der Waals surface area contributed by atoms with Crippen molar-refractivity contribution >= 4 is 40.5 Å². The molecule has 1 fully saturated rings. The van der Waals surface area contributed by atoms with Crippen LogP contribution in [0.5, 0.6) is 5.75 Å². The number of para-hydroxylation sites is 1. The molecule has 2 aliphatic heterocycles. The lowest BCUT2D eigenvalue weighted by Crippen LogP contribution is -2.54. The van der Waals surface area contributed by atoms with E-state index in [1.807, 2.05) is 54.4 Å². The Balaban J connectivity index is 1.00. The minimum absolute atomic E-state index is 0.0492. The lowest BCUT2D eigenvalue weighted by Gasteiger charge is -2.27. The molecule has 2 atom stereocenters. The number of furan rings is 1. The first-order valence-corrected chi connectivity index (χ1v) is 15.1. The molecule has 236 valence electrons. The second-order valence-electron chi connectivity index (χ2n) is 11.4. The molecule has 4 heterocycles. The van der Waals surface area contributed by atoms with Crippen molar-refractivity contribution < 1.29 is 33.1 Å². The van der Waals surface area contributed by atoms with E-state index in [1.54, 1.807) is 24.5 Å². The Bertz CT molecular complexity index is 1770. The molecule has 4 aromatic rings. The van der Waals surface area contributed by atoms with E-state index in [9.17, 15) is 24.0 Å². The van der Waals surface area contributed by atoms with Crippen LogP contribution < -0.4 is 15.4 Å². The third kappa shape index (κ3) is 6.38. The van der Waals surface area contributed by atoms with E-state index in [-0.39, 0.29) is 42.2 Å². The summed E-state index contributed by atoms with van der Waals surface area (Å²) in [4.78, 5) is 70.4. The summed E-state index contributed by atoms with van der Waals surface area (Å²) < 4.78 is 12.0. The SMILES string of the molecule is CN(CCCC(=O)NC(c1cccnc1)c1cc2ccccc2o1)CCOc1cccc2c1C(=O)N(C1CCC(=O)NC1=O)C2=O. The fourth-order valence-electron chi connectivity index (χ4n) is 5.78. The van der Waals surface area contributed by atoms with Crippen LogP contribution in [0.15, 0.2) is 77.5 Å². The van der Waals surface area contributed by atoms with Crippen LogP contribution in [0.2, 0.25) is 0 Å². The van der Waals surface area contributed by atoms with Gasteiger partial charge in [0.15, 0.2) is 0 Å². The third-order valence-corrected chi connectivity index (χ3v) is 8.16. The van der Waals surface area contributed by atoms with Gasteiger partial charge in [-0.25, -0.2) is 0 Å². The van der Waals surface area contributed by atoms with E-state index in [2.05, 4.69) is 15.6 Å². The van der Waals surface area contributed by atoms with Gasteiger partial charge in [0.05, 0.1) is 11.1 Å². The Morgan fingerprint density at radius 2 is 1.93 bits per heavy atom. The summed E-state index contributed by atoms with van der Waals surface area (Å²) in [6.07, 6.45) is 4.41. The maximum Gasteiger partial charge on any atom is 0.266 e. The molecular weight excluding hydrogens is 590 g/mol. The number of hydrogen-bond acceptors (Lipinski definition) is 9. The highest BCUT2D eigenvalue weighted by atomic mass is 16.5. The number of benzene rings is 2. The molecular formula is C34H33N5O7. The van der Waals surface area contributed by atoms with Crippen LogP contribution in [0.25, 0.3) is 11.0 Å². The van der Waals surface area contributed by atoms with E-state index >= 15 is 0 Å². The van der Waals surface area contributed by atoms with Crippen LogP contribution in [-0.2, 0) is 14.4 Å². The lowest BCUT2D eigenvalue weighted by molar-refractivity contribution is -0.136. The number of ether oxygens (including phenoxy) is 1. The van der Waals surface area contributed by atoms with E-state index < -0.39 is 35.7 Å². The van der Waals surface area contributed by atoms with Gasteiger partial charge in [-0.3, -0.25) is 39.2 Å². The zero-order chi connectivity index (χ0) is 32.2. The number of likely N-dealkylation sites (N-methyl/N-ethyl adjacent to an activating group) is 1. The number of nitrogens with zero attached hydrogens (tertiary/aromatic N) is 3. The summed E-state index contributed by atoms with van der Waals surface area (Å²) in [7, 11) is 1.91. The van der Waals surface area contributed by atoms with Crippen LogP contribution >= 0.6 is 0 Å². The quantitative estimate of drug-likeness (QED) is 0.227. The number of aromatic nitrogens is 1. The zero-order valence-corrected chi connectivity index (χ0v) is 25.2. The third-order valence-electron chi connectivity index (χ3n) is 8.16. The van der Waals surface area contributed by atoms with Crippen molar-refractivity contribution in [2.24, 2.45) is 0 Å². The van der Waals surface area contributed by atoms with Crippen LogP contribution in [0.1, 0.15) is 63.8 Å². The molecule has 2 aromatic heterocycles.